The lowest BCUT2D eigenvalue weighted by molar-refractivity contribution is 0.0157. The minimum atomic E-state index is 0.158. The fourth-order valence-electron chi connectivity index (χ4n) is 4.20. The molecule has 1 aromatic heterocycles. The third-order valence-corrected chi connectivity index (χ3v) is 6.68. The first-order valence-corrected chi connectivity index (χ1v) is 12.3. The maximum absolute atomic E-state index is 6.42. The Morgan fingerprint density at radius 3 is 2.56 bits per heavy atom. The Bertz CT molecular complexity index is 1400. The first-order valence-electron chi connectivity index (χ1n) is 11.6. The number of nitrogens with one attached hydrogen (secondary N) is 2. The van der Waals surface area contributed by atoms with Crippen molar-refractivity contribution in [3.63, 3.8) is 0 Å². The number of morpholine rings is 1. The molecule has 1 fully saturated rings. The molecule has 1 atom stereocenters. The van der Waals surface area contributed by atoms with Gasteiger partial charge in [-0.1, -0.05) is 23.2 Å². The largest absolute Gasteiger partial charge is 0.495 e. The van der Waals surface area contributed by atoms with Crippen LogP contribution in [0.3, 0.4) is 0 Å². The summed E-state index contributed by atoms with van der Waals surface area (Å²) in [5, 5.41) is 10.3. The number of ether oxygens (including phenoxy) is 4. The highest BCUT2D eigenvalue weighted by molar-refractivity contribution is 6.37. The second kappa shape index (κ2) is 10.9. The van der Waals surface area contributed by atoms with Crippen LogP contribution < -0.4 is 24.8 Å². The average Bonchev–Trinajstić information content (AvgIpc) is 2.89. The van der Waals surface area contributed by atoms with Gasteiger partial charge in [0.2, 0.25) is 0 Å². The summed E-state index contributed by atoms with van der Waals surface area (Å²) in [5.74, 6) is 2.45. The van der Waals surface area contributed by atoms with Gasteiger partial charge in [0.05, 0.1) is 54.8 Å². The van der Waals surface area contributed by atoms with E-state index < -0.39 is 0 Å². The first kappa shape index (κ1) is 24.6. The second-order valence-electron chi connectivity index (χ2n) is 8.37. The van der Waals surface area contributed by atoms with Crippen molar-refractivity contribution in [2.75, 3.05) is 45.8 Å². The van der Waals surface area contributed by atoms with E-state index in [1.807, 2.05) is 24.3 Å². The molecular weight excluding hydrogens is 503 g/mol. The number of methoxy groups -OCH3 is 2. The van der Waals surface area contributed by atoms with Crippen LogP contribution in [0.5, 0.6) is 17.2 Å². The lowest BCUT2D eigenvalue weighted by Gasteiger charge is -2.23. The third kappa shape index (κ3) is 5.22. The molecule has 5 rings (SSSR count). The highest BCUT2D eigenvalue weighted by atomic mass is 35.5. The van der Waals surface area contributed by atoms with Crippen molar-refractivity contribution in [2.24, 2.45) is 0 Å². The van der Waals surface area contributed by atoms with Crippen LogP contribution >= 0.6 is 23.2 Å². The molecule has 2 heterocycles. The van der Waals surface area contributed by atoms with Gasteiger partial charge in [-0.3, -0.25) is 0 Å². The molecule has 1 aliphatic rings. The van der Waals surface area contributed by atoms with Crippen LogP contribution in [0.15, 0.2) is 42.7 Å². The third-order valence-electron chi connectivity index (χ3n) is 6.07. The van der Waals surface area contributed by atoms with Crippen molar-refractivity contribution in [1.82, 2.24) is 15.3 Å². The van der Waals surface area contributed by atoms with Crippen LogP contribution in [0, 0.1) is 0 Å². The first-order chi connectivity index (χ1) is 17.6. The van der Waals surface area contributed by atoms with Gasteiger partial charge in [0.25, 0.3) is 0 Å². The van der Waals surface area contributed by atoms with Gasteiger partial charge in [-0.2, -0.15) is 0 Å². The van der Waals surface area contributed by atoms with E-state index in [0.717, 1.165) is 47.8 Å². The molecule has 188 valence electrons. The number of anilines is 2. The predicted octanol–water partition coefficient (Wildman–Crippen LogP) is 5.61. The Morgan fingerprint density at radius 2 is 1.78 bits per heavy atom. The highest BCUT2D eigenvalue weighted by Crippen LogP contribution is 2.38. The molecule has 1 aliphatic heterocycles. The Hall–Kier alpha value is -3.04. The molecule has 0 amide bonds. The van der Waals surface area contributed by atoms with Crippen LogP contribution in [0.4, 0.5) is 11.5 Å². The number of rotatable bonds is 8. The molecule has 36 heavy (non-hydrogen) atoms. The molecule has 0 bridgehead atoms. The van der Waals surface area contributed by atoms with E-state index in [4.69, 9.17) is 42.1 Å². The van der Waals surface area contributed by atoms with Crippen LogP contribution in [-0.4, -0.2) is 56.6 Å². The summed E-state index contributed by atoms with van der Waals surface area (Å²) in [5.41, 5.74) is 1.39. The molecule has 0 radical (unpaired) electrons. The quantitative estimate of drug-likeness (QED) is 0.285. The number of aromatic nitrogens is 2. The Labute approximate surface area is 218 Å². The van der Waals surface area contributed by atoms with Crippen LogP contribution in [-0.2, 0) is 4.74 Å². The molecule has 8 nitrogen and oxygen atoms in total. The number of halogens is 2. The summed E-state index contributed by atoms with van der Waals surface area (Å²) in [7, 11) is 3.19. The molecule has 2 N–H and O–H groups in total. The normalized spacial score (nSPS) is 15.7. The van der Waals surface area contributed by atoms with E-state index in [1.165, 1.54) is 6.33 Å². The van der Waals surface area contributed by atoms with E-state index in [0.29, 0.717) is 45.4 Å². The van der Waals surface area contributed by atoms with Gasteiger partial charge < -0.3 is 29.6 Å². The van der Waals surface area contributed by atoms with E-state index in [-0.39, 0.29) is 6.10 Å². The molecule has 0 saturated carbocycles. The zero-order valence-corrected chi connectivity index (χ0v) is 21.4. The summed E-state index contributed by atoms with van der Waals surface area (Å²) in [6.07, 6.45) is 2.47. The topological polar surface area (TPSA) is 86.8 Å². The molecule has 4 aromatic rings. The van der Waals surface area contributed by atoms with Gasteiger partial charge in [-0.15, -0.1) is 0 Å². The van der Waals surface area contributed by atoms with Gasteiger partial charge in [0.15, 0.2) is 11.5 Å². The number of nitrogens with zero attached hydrogens (tertiary/aromatic N) is 2. The fourth-order valence-corrected chi connectivity index (χ4v) is 4.70. The SMILES string of the molecule is COc1cc(Nc2ncnc3cc4cc(OCCC5CNCCO5)c(OC)cc4cc23)c(Cl)cc1Cl. The van der Waals surface area contributed by atoms with Crippen LogP contribution in [0.1, 0.15) is 6.42 Å². The smallest absolute Gasteiger partial charge is 0.161 e. The maximum atomic E-state index is 6.42. The van der Waals surface area contributed by atoms with Crippen molar-refractivity contribution in [3.8, 4) is 17.2 Å². The number of hydrogen-bond acceptors (Lipinski definition) is 8. The molecule has 0 spiro atoms. The molecule has 1 unspecified atom stereocenters. The van der Waals surface area contributed by atoms with Crippen molar-refractivity contribution in [1.29, 1.82) is 0 Å². The highest BCUT2D eigenvalue weighted by Gasteiger charge is 2.16. The Balaban J connectivity index is 1.45. The number of benzene rings is 3. The minimum absolute atomic E-state index is 0.158. The van der Waals surface area contributed by atoms with Crippen molar-refractivity contribution < 1.29 is 18.9 Å². The average molecular weight is 529 g/mol. The van der Waals surface area contributed by atoms with E-state index >= 15 is 0 Å². The zero-order chi connectivity index (χ0) is 25.1. The fraction of sp³-hybridized carbons (Fsp3) is 0.308. The van der Waals surface area contributed by atoms with Gasteiger partial charge in [0.1, 0.15) is 17.9 Å². The standard InChI is InChI=1S/C26H26Cl2N4O4/c1-33-23-12-22(19(27)11-20(23)28)32-26-18-7-15-9-24(34-2)25(10-16(15)8-21(18)30-14-31-26)36-5-3-17-13-29-4-6-35-17/h7-12,14,17,29H,3-6,13H2,1-2H3,(H,30,31,32). The van der Waals surface area contributed by atoms with Crippen molar-refractivity contribution in [3.05, 3.63) is 52.8 Å². The number of fused-ring (bicyclic) bond motifs is 2. The molecule has 10 heteroatoms. The second-order valence-corrected chi connectivity index (χ2v) is 9.18. The van der Waals surface area contributed by atoms with Gasteiger partial charge in [-0.25, -0.2) is 9.97 Å². The summed E-state index contributed by atoms with van der Waals surface area (Å²) >= 11 is 12.6. The van der Waals surface area contributed by atoms with E-state index in [1.54, 1.807) is 26.4 Å². The summed E-state index contributed by atoms with van der Waals surface area (Å²) in [4.78, 5) is 8.92. The van der Waals surface area contributed by atoms with Crippen LogP contribution in [0.25, 0.3) is 21.7 Å². The monoisotopic (exact) mass is 528 g/mol. The summed E-state index contributed by atoms with van der Waals surface area (Å²) in [6, 6.07) is 11.3. The summed E-state index contributed by atoms with van der Waals surface area (Å²) in [6.45, 7) is 3.00. The Morgan fingerprint density at radius 1 is 0.972 bits per heavy atom. The van der Waals surface area contributed by atoms with Gasteiger partial charge >= 0.3 is 0 Å². The number of hydrogen-bond donors (Lipinski definition) is 2. The molecule has 3 aromatic carbocycles. The van der Waals surface area contributed by atoms with E-state index in [2.05, 4.69) is 20.6 Å². The van der Waals surface area contributed by atoms with Crippen molar-refractivity contribution >= 4 is 56.4 Å². The molecule has 1 saturated heterocycles. The molecular formula is C26H26Cl2N4O4. The van der Waals surface area contributed by atoms with Crippen LogP contribution in [0.2, 0.25) is 10.0 Å². The lowest BCUT2D eigenvalue weighted by Crippen LogP contribution is -2.39. The van der Waals surface area contributed by atoms with Crippen molar-refractivity contribution in [2.45, 2.75) is 12.5 Å². The lowest BCUT2D eigenvalue weighted by atomic mass is 10.1. The summed E-state index contributed by atoms with van der Waals surface area (Å²) < 4.78 is 22.8. The Kier molecular flexibility index (Phi) is 7.48. The maximum Gasteiger partial charge on any atom is 0.161 e. The molecule has 0 aliphatic carbocycles. The van der Waals surface area contributed by atoms with Gasteiger partial charge in [-0.05, 0) is 41.1 Å². The zero-order valence-electron chi connectivity index (χ0n) is 19.9. The predicted molar refractivity (Wildman–Crippen MR) is 143 cm³/mol. The van der Waals surface area contributed by atoms with E-state index in [9.17, 15) is 0 Å². The van der Waals surface area contributed by atoms with Gasteiger partial charge in [0, 0.05) is 31.0 Å². The minimum Gasteiger partial charge on any atom is -0.495 e.